The Balaban J connectivity index is 1.81. The Hall–Kier alpha value is -3.76. The number of rotatable bonds is 6. The lowest BCUT2D eigenvalue weighted by Gasteiger charge is -2.26. The zero-order chi connectivity index (χ0) is 23.8. The lowest BCUT2D eigenvalue weighted by molar-refractivity contribution is -0.150. The van der Waals surface area contributed by atoms with Gasteiger partial charge in [0.2, 0.25) is 5.89 Å². The third kappa shape index (κ3) is 4.18. The van der Waals surface area contributed by atoms with Gasteiger partial charge in [-0.3, -0.25) is 4.79 Å². The molecule has 33 heavy (non-hydrogen) atoms. The molecule has 0 bridgehead atoms. The summed E-state index contributed by atoms with van der Waals surface area (Å²) in [5.74, 6) is 0.169. The maximum atomic E-state index is 13.0. The summed E-state index contributed by atoms with van der Waals surface area (Å²) in [6.45, 7) is 5.22. The van der Waals surface area contributed by atoms with Gasteiger partial charge >= 0.3 is 12.1 Å². The zero-order valence-corrected chi connectivity index (χ0v) is 18.1. The highest BCUT2D eigenvalue weighted by atomic mass is 19.4. The van der Waals surface area contributed by atoms with Gasteiger partial charge in [-0.05, 0) is 44.5 Å². The van der Waals surface area contributed by atoms with E-state index in [2.05, 4.69) is 20.2 Å². The second-order valence-electron chi connectivity index (χ2n) is 7.66. The van der Waals surface area contributed by atoms with Gasteiger partial charge in [-0.1, -0.05) is 17.3 Å². The number of hydrogen-bond acceptors (Lipinski definition) is 7. The van der Waals surface area contributed by atoms with E-state index >= 15 is 0 Å². The fourth-order valence-electron chi connectivity index (χ4n) is 3.62. The van der Waals surface area contributed by atoms with Crippen molar-refractivity contribution in [3.63, 3.8) is 0 Å². The maximum absolute atomic E-state index is 13.0. The lowest BCUT2D eigenvalue weighted by Crippen LogP contribution is -2.39. The minimum atomic E-state index is -4.43. The van der Waals surface area contributed by atoms with E-state index in [1.165, 1.54) is 29.0 Å². The van der Waals surface area contributed by atoms with Crippen molar-refractivity contribution in [2.75, 3.05) is 6.61 Å². The van der Waals surface area contributed by atoms with Crippen LogP contribution in [0.3, 0.4) is 0 Å². The van der Waals surface area contributed by atoms with Crippen molar-refractivity contribution in [1.82, 2.24) is 24.7 Å². The predicted molar refractivity (Wildman–Crippen MR) is 110 cm³/mol. The molecule has 0 spiro atoms. The van der Waals surface area contributed by atoms with E-state index in [4.69, 9.17) is 9.26 Å². The first-order chi connectivity index (χ1) is 15.6. The molecule has 1 aromatic carbocycles. The average Bonchev–Trinajstić information content (AvgIpc) is 3.39. The molecule has 1 atom stereocenters. The fourth-order valence-corrected chi connectivity index (χ4v) is 3.62. The van der Waals surface area contributed by atoms with Crippen molar-refractivity contribution < 1.29 is 27.2 Å². The molecule has 0 N–H and O–H groups in total. The van der Waals surface area contributed by atoms with Crippen LogP contribution in [0.25, 0.3) is 16.8 Å². The summed E-state index contributed by atoms with van der Waals surface area (Å²) < 4.78 is 50.8. The molecule has 0 saturated carbocycles. The first-order valence-electron chi connectivity index (χ1n) is 10.1. The molecule has 0 aliphatic rings. The van der Waals surface area contributed by atoms with E-state index in [0.29, 0.717) is 28.3 Å². The van der Waals surface area contributed by atoms with Crippen molar-refractivity contribution in [1.29, 1.82) is 0 Å². The van der Waals surface area contributed by atoms with Crippen LogP contribution in [0, 0.1) is 6.92 Å². The van der Waals surface area contributed by atoms with Crippen molar-refractivity contribution in [3.05, 3.63) is 65.7 Å². The SMILES string of the molecule is CCOC(=O)C(C)(Cc1nc(C)no1)c1ccnc2c(-c3ccc(C(F)(F)F)cc3)cnn12. The van der Waals surface area contributed by atoms with E-state index < -0.39 is 23.1 Å². The Labute approximate surface area is 186 Å². The number of ether oxygens (including phenoxy) is 1. The number of benzene rings is 1. The number of esters is 1. The lowest BCUT2D eigenvalue weighted by atomic mass is 9.82. The number of aromatic nitrogens is 5. The number of hydrogen-bond donors (Lipinski definition) is 0. The summed E-state index contributed by atoms with van der Waals surface area (Å²) in [4.78, 5) is 21.6. The second kappa shape index (κ2) is 8.30. The topological polar surface area (TPSA) is 95.4 Å². The van der Waals surface area contributed by atoms with Gasteiger partial charge in [-0.2, -0.15) is 23.3 Å². The van der Waals surface area contributed by atoms with Crippen LogP contribution in [0.15, 0.2) is 47.2 Å². The van der Waals surface area contributed by atoms with E-state index in [-0.39, 0.29) is 18.9 Å². The number of fused-ring (bicyclic) bond motifs is 1. The van der Waals surface area contributed by atoms with E-state index in [0.717, 1.165) is 12.1 Å². The maximum Gasteiger partial charge on any atom is 0.416 e. The highest BCUT2D eigenvalue weighted by molar-refractivity contribution is 5.84. The van der Waals surface area contributed by atoms with E-state index in [1.807, 2.05) is 0 Å². The average molecular weight is 459 g/mol. The molecule has 0 aliphatic heterocycles. The number of halogens is 3. The first kappa shape index (κ1) is 22.4. The summed E-state index contributed by atoms with van der Waals surface area (Å²) in [5, 5.41) is 8.16. The Morgan fingerprint density at radius 2 is 1.91 bits per heavy atom. The number of carbonyl (C=O) groups excluding carboxylic acids is 1. The normalized spacial score (nSPS) is 13.8. The molecule has 3 heterocycles. The van der Waals surface area contributed by atoms with Crippen LogP contribution in [-0.2, 0) is 27.5 Å². The Kier molecular flexibility index (Phi) is 5.64. The van der Waals surface area contributed by atoms with E-state index in [9.17, 15) is 18.0 Å². The molecule has 8 nitrogen and oxygen atoms in total. The summed E-state index contributed by atoms with van der Waals surface area (Å²) in [5.41, 5.74) is -0.136. The quantitative estimate of drug-likeness (QED) is 0.399. The molecule has 0 aliphatic carbocycles. The number of aryl methyl sites for hydroxylation is 1. The van der Waals surface area contributed by atoms with Gasteiger partial charge in [-0.25, -0.2) is 9.50 Å². The Morgan fingerprint density at radius 1 is 1.18 bits per heavy atom. The monoisotopic (exact) mass is 459 g/mol. The van der Waals surface area contributed by atoms with E-state index in [1.54, 1.807) is 26.8 Å². The number of nitrogens with zero attached hydrogens (tertiary/aromatic N) is 5. The molecular weight excluding hydrogens is 439 g/mol. The number of alkyl halides is 3. The van der Waals surface area contributed by atoms with Crippen LogP contribution in [0.2, 0.25) is 0 Å². The minimum absolute atomic E-state index is 0.0568. The fraction of sp³-hybridized carbons (Fsp3) is 0.318. The molecule has 0 saturated heterocycles. The van der Waals surface area contributed by atoms with Crippen LogP contribution < -0.4 is 0 Å². The van der Waals surface area contributed by atoms with Crippen LogP contribution >= 0.6 is 0 Å². The third-order valence-electron chi connectivity index (χ3n) is 5.29. The molecule has 0 fully saturated rings. The molecule has 0 radical (unpaired) electrons. The van der Waals surface area contributed by atoms with Crippen LogP contribution in [0.5, 0.6) is 0 Å². The van der Waals surface area contributed by atoms with Crippen LogP contribution in [-0.4, -0.2) is 37.3 Å². The van der Waals surface area contributed by atoms with Gasteiger partial charge in [-0.15, -0.1) is 0 Å². The molecule has 4 aromatic rings. The van der Waals surface area contributed by atoms with Gasteiger partial charge < -0.3 is 9.26 Å². The van der Waals surface area contributed by atoms with Crippen molar-refractivity contribution >= 4 is 11.6 Å². The third-order valence-corrected chi connectivity index (χ3v) is 5.29. The molecule has 3 aromatic heterocycles. The van der Waals surface area contributed by atoms with Crippen molar-refractivity contribution in [3.8, 4) is 11.1 Å². The zero-order valence-electron chi connectivity index (χ0n) is 18.1. The van der Waals surface area contributed by atoms with Gasteiger partial charge in [0.05, 0.1) is 24.1 Å². The standard InChI is InChI=1S/C22H20F3N5O3/c1-4-32-20(31)21(3,11-18-28-13(2)29-33-18)17-9-10-26-19-16(12-27-30(17)19)14-5-7-15(8-6-14)22(23,24)25/h5-10,12H,4,11H2,1-3H3. The van der Waals surface area contributed by atoms with Crippen molar-refractivity contribution in [2.45, 2.75) is 38.8 Å². The van der Waals surface area contributed by atoms with Gasteiger partial charge in [0.1, 0.15) is 5.41 Å². The summed E-state index contributed by atoms with van der Waals surface area (Å²) in [7, 11) is 0. The molecule has 172 valence electrons. The number of carbonyl (C=O) groups is 1. The largest absolute Gasteiger partial charge is 0.465 e. The van der Waals surface area contributed by atoms with Crippen molar-refractivity contribution in [2.24, 2.45) is 0 Å². The van der Waals surface area contributed by atoms with Crippen LogP contribution in [0.4, 0.5) is 13.2 Å². The smallest absolute Gasteiger partial charge is 0.416 e. The minimum Gasteiger partial charge on any atom is -0.465 e. The van der Waals surface area contributed by atoms with Gasteiger partial charge in [0.25, 0.3) is 0 Å². The highest BCUT2D eigenvalue weighted by Gasteiger charge is 2.41. The molecule has 11 heteroatoms. The molecule has 1 unspecified atom stereocenters. The Morgan fingerprint density at radius 3 is 2.52 bits per heavy atom. The molecule has 4 rings (SSSR count). The Bertz CT molecular complexity index is 1300. The van der Waals surface area contributed by atoms with Crippen LogP contribution in [0.1, 0.15) is 36.8 Å². The molecule has 0 amide bonds. The van der Waals surface area contributed by atoms with Gasteiger partial charge in [0.15, 0.2) is 11.5 Å². The highest BCUT2D eigenvalue weighted by Crippen LogP contribution is 2.34. The summed E-state index contributed by atoms with van der Waals surface area (Å²) in [6.07, 6.45) is -1.37. The van der Waals surface area contributed by atoms with Gasteiger partial charge in [0, 0.05) is 18.2 Å². The summed E-state index contributed by atoms with van der Waals surface area (Å²) in [6, 6.07) is 6.36. The first-order valence-corrected chi connectivity index (χ1v) is 10.1. The predicted octanol–water partition coefficient (Wildman–Crippen LogP) is 4.17. The second-order valence-corrected chi connectivity index (χ2v) is 7.66. The summed E-state index contributed by atoms with van der Waals surface area (Å²) >= 11 is 0. The molecular formula is C22H20F3N5O3.